The predicted molar refractivity (Wildman–Crippen MR) is 396 cm³/mol. The van der Waals surface area contributed by atoms with Crippen LogP contribution < -0.4 is 5.32 Å². The Labute approximate surface area is 560 Å². The second-order valence-corrected chi connectivity index (χ2v) is 29.2. The van der Waals surface area contributed by atoms with E-state index in [0.29, 0.717) is 23.9 Å². The summed E-state index contributed by atoms with van der Waals surface area (Å²) >= 11 is 0. The monoisotopic (exact) mass is 1280 g/mol. The third-order valence-electron chi connectivity index (χ3n) is 17.7. The van der Waals surface area contributed by atoms with Crippen LogP contribution >= 0.6 is 7.82 Å². The van der Waals surface area contributed by atoms with Crippen LogP contribution in [0.1, 0.15) is 373 Å². The molecule has 0 saturated heterocycles. The van der Waals surface area contributed by atoms with Crippen LogP contribution in [0, 0.1) is 0 Å². The molecule has 3 unspecified atom stereocenters. The predicted octanol–water partition coefficient (Wildman–Crippen LogP) is 25.5. The van der Waals surface area contributed by atoms with Crippen LogP contribution in [0.4, 0.5) is 0 Å². The van der Waals surface area contributed by atoms with Gasteiger partial charge in [0.1, 0.15) is 13.2 Å². The van der Waals surface area contributed by atoms with Crippen molar-refractivity contribution in [1.82, 2.24) is 5.32 Å². The summed E-state index contributed by atoms with van der Waals surface area (Å²) < 4.78 is 24.0. The number of carbonyl (C=O) groups is 1. The van der Waals surface area contributed by atoms with E-state index in [1.807, 2.05) is 21.1 Å². The second kappa shape index (κ2) is 71.0. The van der Waals surface area contributed by atoms with E-state index in [1.165, 1.54) is 263 Å². The number of hydrogen-bond acceptors (Lipinski definition) is 5. The van der Waals surface area contributed by atoms with Crippen LogP contribution in [-0.4, -0.2) is 73.4 Å². The summed E-state index contributed by atoms with van der Waals surface area (Å²) in [6.45, 7) is 4.82. The normalized spacial score (nSPS) is 14.0. The van der Waals surface area contributed by atoms with E-state index in [9.17, 15) is 19.4 Å². The Hall–Kier alpha value is -2.32. The first-order valence-electron chi connectivity index (χ1n) is 39.0. The maximum atomic E-state index is 13.1. The molecule has 0 aliphatic rings. The van der Waals surface area contributed by atoms with Crippen molar-refractivity contribution >= 4 is 13.7 Å². The zero-order valence-corrected chi connectivity index (χ0v) is 61.3. The smallest absolute Gasteiger partial charge is 0.391 e. The molecule has 3 N–H and O–H groups in total. The first-order chi connectivity index (χ1) is 44.0. The molecule has 0 saturated carbocycles. The van der Waals surface area contributed by atoms with Gasteiger partial charge in [-0.2, -0.15) is 0 Å². The average molecular weight is 1280 g/mol. The largest absolute Gasteiger partial charge is 0.472 e. The Bertz CT molecular complexity index is 1750. The lowest BCUT2D eigenvalue weighted by Gasteiger charge is -2.26. The van der Waals surface area contributed by atoms with Crippen LogP contribution in [0.5, 0.6) is 0 Å². The Morgan fingerprint density at radius 2 is 0.667 bits per heavy atom. The lowest BCUT2D eigenvalue weighted by molar-refractivity contribution is -0.870. The summed E-state index contributed by atoms with van der Waals surface area (Å²) in [6, 6.07) is -0.767. The van der Waals surface area contributed by atoms with Gasteiger partial charge < -0.3 is 19.8 Å². The number of rotatable bonds is 72. The third kappa shape index (κ3) is 73.1. The lowest BCUT2D eigenvalue weighted by atomic mass is 10.0. The van der Waals surface area contributed by atoms with Crippen molar-refractivity contribution in [2.75, 3.05) is 40.9 Å². The number of nitrogens with zero attached hydrogens (tertiary/aromatic N) is 1. The van der Waals surface area contributed by atoms with Crippen LogP contribution in [0.3, 0.4) is 0 Å². The van der Waals surface area contributed by atoms with Gasteiger partial charge in [0.05, 0.1) is 39.9 Å². The molecule has 0 fully saturated rings. The second-order valence-electron chi connectivity index (χ2n) is 27.7. The quantitative estimate of drug-likeness (QED) is 0.0243. The van der Waals surface area contributed by atoms with Crippen molar-refractivity contribution in [1.29, 1.82) is 0 Å². The van der Waals surface area contributed by atoms with Gasteiger partial charge in [-0.15, -0.1) is 0 Å². The van der Waals surface area contributed by atoms with Gasteiger partial charge in [0.2, 0.25) is 5.91 Å². The number of phosphoric ester groups is 1. The fraction of sp³-hybridized carbons (Fsp3) is 0.815. The van der Waals surface area contributed by atoms with Crippen molar-refractivity contribution in [2.24, 2.45) is 0 Å². The third-order valence-corrected chi connectivity index (χ3v) is 18.6. The standard InChI is InChI=1S/C81H151N2O6P/c1-6-8-10-12-14-16-18-20-22-24-26-28-30-32-34-36-38-39-40-41-42-43-45-47-49-51-53-55-57-59-61-63-65-67-69-71-73-75-81(85)82-79(78-89-90(86,87)88-77-76-83(3,4)5)80(84)74-72-70-68-66-64-62-60-58-56-54-52-50-48-46-44-37-35-33-31-29-27-25-23-21-19-17-15-13-11-9-7-2/h8,10,14,16,20,22,26,28,32,34,38-39,41-42,79-80,84H,6-7,9,11-13,15,17-19,21,23-25,27,29-31,33,35-37,40,43-78H2,1-5H3,(H-,82,85,86,87)/p+1/b10-8-,16-14-,22-20-,28-26-,34-32-,39-38-,42-41-. The van der Waals surface area contributed by atoms with Gasteiger partial charge in [0.25, 0.3) is 0 Å². The van der Waals surface area contributed by atoms with E-state index in [0.717, 1.165) is 83.5 Å². The molecular weight excluding hydrogens is 1130 g/mol. The van der Waals surface area contributed by atoms with E-state index >= 15 is 0 Å². The summed E-state index contributed by atoms with van der Waals surface area (Å²) in [4.78, 5) is 23.5. The number of quaternary nitrogens is 1. The molecule has 0 aliphatic carbocycles. The molecule has 0 aliphatic heterocycles. The highest BCUT2D eigenvalue weighted by atomic mass is 31.2. The minimum absolute atomic E-state index is 0.0736. The molecule has 0 radical (unpaired) electrons. The van der Waals surface area contributed by atoms with Gasteiger partial charge in [-0.3, -0.25) is 13.8 Å². The maximum absolute atomic E-state index is 13.1. The molecule has 0 rings (SSSR count). The molecule has 0 heterocycles. The Morgan fingerprint density at radius 1 is 0.389 bits per heavy atom. The molecule has 9 heteroatoms. The van der Waals surface area contributed by atoms with Gasteiger partial charge >= 0.3 is 7.82 Å². The summed E-state index contributed by atoms with van der Waals surface area (Å²) in [6.07, 6.45) is 101. The van der Waals surface area contributed by atoms with E-state index < -0.39 is 20.0 Å². The number of hydrogen-bond donors (Lipinski definition) is 3. The number of aliphatic hydroxyl groups is 1. The van der Waals surface area contributed by atoms with Crippen LogP contribution in [-0.2, 0) is 18.4 Å². The highest BCUT2D eigenvalue weighted by Gasteiger charge is 2.28. The van der Waals surface area contributed by atoms with E-state index in [2.05, 4.69) is 104 Å². The molecule has 526 valence electrons. The zero-order valence-electron chi connectivity index (χ0n) is 60.4. The summed E-state index contributed by atoms with van der Waals surface area (Å²) in [5.41, 5.74) is 0. The molecule has 3 atom stereocenters. The fourth-order valence-corrected chi connectivity index (χ4v) is 12.4. The molecule has 0 aromatic carbocycles. The first-order valence-corrected chi connectivity index (χ1v) is 40.4. The van der Waals surface area contributed by atoms with E-state index in [1.54, 1.807) is 0 Å². The van der Waals surface area contributed by atoms with Crippen LogP contribution in [0.15, 0.2) is 85.1 Å². The number of phosphoric acid groups is 1. The number of carbonyl (C=O) groups excluding carboxylic acids is 1. The number of unbranched alkanes of at least 4 members (excludes halogenated alkanes) is 45. The van der Waals surface area contributed by atoms with Crippen molar-refractivity contribution in [3.63, 3.8) is 0 Å². The minimum Gasteiger partial charge on any atom is -0.391 e. The molecule has 8 nitrogen and oxygen atoms in total. The molecule has 0 spiro atoms. The number of nitrogens with one attached hydrogen (secondary N) is 1. The average Bonchev–Trinajstić information content (AvgIpc) is 3.18. The number of allylic oxidation sites excluding steroid dienone is 14. The van der Waals surface area contributed by atoms with Crippen LogP contribution in [0.2, 0.25) is 0 Å². The van der Waals surface area contributed by atoms with Crippen molar-refractivity contribution in [2.45, 2.75) is 386 Å². The Kier molecular flexibility index (Phi) is 69.2. The molecule has 1 amide bonds. The highest BCUT2D eigenvalue weighted by Crippen LogP contribution is 2.43. The maximum Gasteiger partial charge on any atom is 0.472 e. The summed E-state index contributed by atoms with van der Waals surface area (Å²) in [5, 5.41) is 14.2. The number of amides is 1. The zero-order chi connectivity index (χ0) is 65.5. The van der Waals surface area contributed by atoms with Crippen molar-refractivity contribution in [3.8, 4) is 0 Å². The van der Waals surface area contributed by atoms with Gasteiger partial charge in [-0.25, -0.2) is 4.57 Å². The Balaban J connectivity index is 3.98. The molecule has 90 heavy (non-hydrogen) atoms. The molecule has 0 bridgehead atoms. The molecular formula is C81H152N2O6P+. The summed E-state index contributed by atoms with van der Waals surface area (Å²) in [7, 11) is 1.63. The first kappa shape index (κ1) is 87.7. The highest BCUT2D eigenvalue weighted by molar-refractivity contribution is 7.47. The van der Waals surface area contributed by atoms with Crippen molar-refractivity contribution < 1.29 is 32.9 Å². The lowest BCUT2D eigenvalue weighted by Crippen LogP contribution is -2.46. The van der Waals surface area contributed by atoms with Crippen molar-refractivity contribution in [3.05, 3.63) is 85.1 Å². The minimum atomic E-state index is -4.34. The molecule has 0 aromatic rings. The topological polar surface area (TPSA) is 105 Å². The van der Waals surface area contributed by atoms with Crippen LogP contribution in [0.25, 0.3) is 0 Å². The summed E-state index contributed by atoms with van der Waals surface area (Å²) in [5.74, 6) is -0.141. The number of likely N-dealkylation sites (N-methyl/N-ethyl adjacent to an activating group) is 1. The fourth-order valence-electron chi connectivity index (χ4n) is 11.7. The molecule has 0 aromatic heterocycles. The van der Waals surface area contributed by atoms with Gasteiger partial charge in [0.15, 0.2) is 0 Å². The van der Waals surface area contributed by atoms with E-state index in [-0.39, 0.29) is 19.1 Å². The van der Waals surface area contributed by atoms with E-state index in [4.69, 9.17) is 9.05 Å². The number of aliphatic hydroxyl groups excluding tert-OH is 1. The Morgan fingerprint density at radius 3 is 0.978 bits per heavy atom. The van der Waals surface area contributed by atoms with Gasteiger partial charge in [-0.1, -0.05) is 381 Å². The SMILES string of the molecule is CC/C=C\C/C=C\C/C=C\C/C=C\C/C=C\C/C=C\C/C=C\CCCCCCCCCCCCCCCCCC(=O)NC(COP(=O)(O)OCC[N+](C)(C)C)C(O)CCCCCCCCCCCCCCCCCCCCCCCCCCCCCCCCC. The van der Waals surface area contributed by atoms with Gasteiger partial charge in [0, 0.05) is 6.42 Å². The van der Waals surface area contributed by atoms with Gasteiger partial charge in [-0.05, 0) is 70.6 Å².